The molecule has 1 N–H and O–H groups in total. The van der Waals surface area contributed by atoms with Crippen molar-refractivity contribution in [1.82, 2.24) is 9.80 Å². The lowest BCUT2D eigenvalue weighted by Gasteiger charge is -2.41. The van der Waals surface area contributed by atoms with Gasteiger partial charge in [0.25, 0.3) is 0 Å². The first-order chi connectivity index (χ1) is 13.8. The van der Waals surface area contributed by atoms with Crippen LogP contribution < -0.4 is 10.1 Å². The van der Waals surface area contributed by atoms with E-state index in [4.69, 9.17) is 4.74 Å². The highest BCUT2D eigenvalue weighted by Gasteiger charge is 2.29. The third-order valence-electron chi connectivity index (χ3n) is 6.57. The molecule has 0 atom stereocenters. The standard InChI is InChI=1S/C23H35N3O2/c27-23(18-25-14-3-1-2-4-15-25)24-19-8-10-21(11-9-19)28-22-12-16-26(17-13-22)20-6-5-7-20/h8-11,20,22H,1-7,12-18H2,(H,24,27). The number of amides is 1. The zero-order chi connectivity index (χ0) is 19.2. The summed E-state index contributed by atoms with van der Waals surface area (Å²) in [7, 11) is 0. The van der Waals surface area contributed by atoms with Crippen LogP contribution in [0.25, 0.3) is 0 Å². The van der Waals surface area contributed by atoms with Gasteiger partial charge in [0.2, 0.25) is 5.91 Å². The number of hydrogen-bond acceptors (Lipinski definition) is 4. The summed E-state index contributed by atoms with van der Waals surface area (Å²) >= 11 is 0. The van der Waals surface area contributed by atoms with Gasteiger partial charge in [0.1, 0.15) is 11.9 Å². The molecule has 154 valence electrons. The van der Waals surface area contributed by atoms with Gasteiger partial charge in [-0.3, -0.25) is 9.69 Å². The van der Waals surface area contributed by atoms with E-state index in [1.807, 2.05) is 24.3 Å². The third kappa shape index (κ3) is 5.48. The minimum absolute atomic E-state index is 0.0823. The lowest BCUT2D eigenvalue weighted by molar-refractivity contribution is -0.117. The average molecular weight is 386 g/mol. The molecular weight excluding hydrogens is 350 g/mol. The molecule has 2 heterocycles. The Labute approximate surface area is 169 Å². The number of piperidine rings is 1. The Morgan fingerprint density at radius 2 is 1.57 bits per heavy atom. The van der Waals surface area contributed by atoms with Gasteiger partial charge in [0.15, 0.2) is 0 Å². The van der Waals surface area contributed by atoms with Gasteiger partial charge >= 0.3 is 0 Å². The number of anilines is 1. The Kier molecular flexibility index (Phi) is 6.86. The lowest BCUT2D eigenvalue weighted by atomic mass is 9.90. The highest BCUT2D eigenvalue weighted by molar-refractivity contribution is 5.92. The van der Waals surface area contributed by atoms with Crippen LogP contribution in [0.4, 0.5) is 5.69 Å². The van der Waals surface area contributed by atoms with E-state index in [1.165, 1.54) is 58.0 Å². The molecule has 0 radical (unpaired) electrons. The third-order valence-corrected chi connectivity index (χ3v) is 6.57. The molecule has 1 amide bonds. The molecule has 2 aliphatic heterocycles. The van der Waals surface area contributed by atoms with Crippen LogP contribution in [-0.4, -0.2) is 60.6 Å². The summed E-state index contributed by atoms with van der Waals surface area (Å²) in [5.74, 6) is 0.992. The van der Waals surface area contributed by atoms with E-state index in [1.54, 1.807) is 0 Å². The van der Waals surface area contributed by atoms with Gasteiger partial charge in [-0.05, 0) is 75.9 Å². The molecule has 3 aliphatic rings. The van der Waals surface area contributed by atoms with Gasteiger partial charge in [0, 0.05) is 24.8 Å². The van der Waals surface area contributed by atoms with Crippen molar-refractivity contribution < 1.29 is 9.53 Å². The van der Waals surface area contributed by atoms with Crippen LogP contribution in [0.1, 0.15) is 57.8 Å². The summed E-state index contributed by atoms with van der Waals surface area (Å²) < 4.78 is 6.18. The molecule has 5 heteroatoms. The minimum Gasteiger partial charge on any atom is -0.490 e. The molecule has 2 saturated heterocycles. The fraction of sp³-hybridized carbons (Fsp3) is 0.696. The molecule has 0 spiro atoms. The van der Waals surface area contributed by atoms with E-state index >= 15 is 0 Å². The van der Waals surface area contributed by atoms with E-state index in [0.717, 1.165) is 43.4 Å². The van der Waals surface area contributed by atoms with Crippen molar-refractivity contribution in [2.24, 2.45) is 0 Å². The quantitative estimate of drug-likeness (QED) is 0.807. The number of nitrogens with zero attached hydrogens (tertiary/aromatic N) is 2. The van der Waals surface area contributed by atoms with Crippen molar-refractivity contribution in [2.75, 3.05) is 38.0 Å². The van der Waals surface area contributed by atoms with Gasteiger partial charge in [-0.1, -0.05) is 19.3 Å². The molecule has 4 rings (SSSR count). The minimum atomic E-state index is 0.0823. The van der Waals surface area contributed by atoms with Gasteiger partial charge in [0.05, 0.1) is 6.54 Å². The fourth-order valence-corrected chi connectivity index (χ4v) is 4.62. The van der Waals surface area contributed by atoms with Crippen LogP contribution >= 0.6 is 0 Å². The predicted molar refractivity (Wildman–Crippen MR) is 113 cm³/mol. The first kappa shape index (κ1) is 19.7. The van der Waals surface area contributed by atoms with E-state index in [-0.39, 0.29) is 5.91 Å². The second-order valence-corrected chi connectivity index (χ2v) is 8.70. The molecule has 3 fully saturated rings. The molecular formula is C23H35N3O2. The Balaban J connectivity index is 1.19. The Bertz CT molecular complexity index is 613. The number of hydrogen-bond donors (Lipinski definition) is 1. The maximum atomic E-state index is 12.3. The van der Waals surface area contributed by atoms with Crippen LogP contribution in [0, 0.1) is 0 Å². The SMILES string of the molecule is O=C(CN1CCCCCC1)Nc1ccc(OC2CCN(C3CCC3)CC2)cc1. The van der Waals surface area contributed by atoms with E-state index in [0.29, 0.717) is 12.6 Å². The number of nitrogens with one attached hydrogen (secondary N) is 1. The monoisotopic (exact) mass is 385 g/mol. The van der Waals surface area contributed by atoms with Crippen LogP contribution in [0.15, 0.2) is 24.3 Å². The highest BCUT2D eigenvalue weighted by Crippen LogP contribution is 2.28. The maximum absolute atomic E-state index is 12.3. The molecule has 28 heavy (non-hydrogen) atoms. The Hall–Kier alpha value is -1.59. The average Bonchev–Trinajstić information content (AvgIpc) is 2.92. The normalized spacial score (nSPS) is 23.0. The second kappa shape index (κ2) is 9.75. The lowest BCUT2D eigenvalue weighted by Crippen LogP contribution is -2.46. The zero-order valence-electron chi connectivity index (χ0n) is 17.1. The van der Waals surface area contributed by atoms with E-state index in [9.17, 15) is 4.79 Å². The van der Waals surface area contributed by atoms with Crippen LogP contribution in [0.5, 0.6) is 5.75 Å². The zero-order valence-corrected chi connectivity index (χ0v) is 17.1. The number of carbonyl (C=O) groups excluding carboxylic acids is 1. The number of rotatable bonds is 6. The number of ether oxygens (including phenoxy) is 1. The number of benzene rings is 1. The largest absolute Gasteiger partial charge is 0.490 e. The Morgan fingerprint density at radius 3 is 2.18 bits per heavy atom. The topological polar surface area (TPSA) is 44.8 Å². The Morgan fingerprint density at radius 1 is 0.893 bits per heavy atom. The molecule has 1 aromatic rings. The molecule has 5 nitrogen and oxygen atoms in total. The molecule has 0 aromatic heterocycles. The summed E-state index contributed by atoms with van der Waals surface area (Å²) in [4.78, 5) is 17.2. The van der Waals surface area contributed by atoms with Crippen LogP contribution in [0.2, 0.25) is 0 Å². The highest BCUT2D eigenvalue weighted by atomic mass is 16.5. The first-order valence-electron chi connectivity index (χ1n) is 11.3. The van der Waals surface area contributed by atoms with Gasteiger partial charge in [-0.15, -0.1) is 0 Å². The first-order valence-corrected chi connectivity index (χ1v) is 11.3. The number of carbonyl (C=O) groups is 1. The molecule has 0 bridgehead atoms. The van der Waals surface area contributed by atoms with Crippen LogP contribution in [-0.2, 0) is 4.79 Å². The fourth-order valence-electron chi connectivity index (χ4n) is 4.62. The second-order valence-electron chi connectivity index (χ2n) is 8.70. The number of likely N-dealkylation sites (tertiary alicyclic amines) is 2. The van der Waals surface area contributed by atoms with Gasteiger partial charge in [-0.2, -0.15) is 0 Å². The summed E-state index contributed by atoms with van der Waals surface area (Å²) in [6.07, 6.45) is 11.7. The smallest absolute Gasteiger partial charge is 0.238 e. The van der Waals surface area contributed by atoms with Crippen molar-refractivity contribution in [3.05, 3.63) is 24.3 Å². The summed E-state index contributed by atoms with van der Waals surface area (Å²) in [6, 6.07) is 8.73. The summed E-state index contributed by atoms with van der Waals surface area (Å²) in [5.41, 5.74) is 0.854. The van der Waals surface area contributed by atoms with Crippen molar-refractivity contribution in [3.8, 4) is 5.75 Å². The van der Waals surface area contributed by atoms with Gasteiger partial charge < -0.3 is 15.0 Å². The predicted octanol–water partition coefficient (Wildman–Crippen LogP) is 3.90. The van der Waals surface area contributed by atoms with E-state index < -0.39 is 0 Å². The maximum Gasteiger partial charge on any atom is 0.238 e. The van der Waals surface area contributed by atoms with Crippen molar-refractivity contribution >= 4 is 11.6 Å². The molecule has 1 aliphatic carbocycles. The van der Waals surface area contributed by atoms with Gasteiger partial charge in [-0.25, -0.2) is 0 Å². The van der Waals surface area contributed by atoms with Crippen molar-refractivity contribution in [1.29, 1.82) is 0 Å². The van der Waals surface area contributed by atoms with E-state index in [2.05, 4.69) is 15.1 Å². The van der Waals surface area contributed by atoms with Crippen molar-refractivity contribution in [3.63, 3.8) is 0 Å². The molecule has 0 unspecified atom stereocenters. The molecule has 1 saturated carbocycles. The summed E-state index contributed by atoms with van der Waals surface area (Å²) in [5, 5.41) is 3.03. The molecule has 1 aromatic carbocycles. The van der Waals surface area contributed by atoms with Crippen LogP contribution in [0.3, 0.4) is 0 Å². The van der Waals surface area contributed by atoms with Crippen molar-refractivity contribution in [2.45, 2.75) is 69.9 Å². The summed E-state index contributed by atoms with van der Waals surface area (Å²) in [6.45, 7) is 4.91.